The third kappa shape index (κ3) is 3.50. The van der Waals surface area contributed by atoms with Crippen LogP contribution in [0.1, 0.15) is 24.0 Å². The van der Waals surface area contributed by atoms with E-state index >= 15 is 0 Å². The van der Waals surface area contributed by atoms with Crippen LogP contribution < -0.4 is 5.56 Å². The van der Waals surface area contributed by atoms with Crippen molar-refractivity contribution in [3.63, 3.8) is 0 Å². The van der Waals surface area contributed by atoms with Gasteiger partial charge in [0.25, 0.3) is 5.56 Å². The minimum Gasteiger partial charge on any atom is -0.338 e. The van der Waals surface area contributed by atoms with Crippen LogP contribution in [-0.4, -0.2) is 32.9 Å². The first-order valence-electron chi connectivity index (χ1n) is 9.41. The van der Waals surface area contributed by atoms with E-state index in [4.69, 9.17) is 0 Å². The zero-order chi connectivity index (χ0) is 18.8. The lowest BCUT2D eigenvalue weighted by Crippen LogP contribution is -2.40. The highest BCUT2D eigenvalue weighted by molar-refractivity contribution is 5.81. The van der Waals surface area contributed by atoms with Crippen molar-refractivity contribution in [2.75, 3.05) is 6.54 Å². The molecule has 138 valence electrons. The maximum atomic E-state index is 12.9. The van der Waals surface area contributed by atoms with Gasteiger partial charge in [0, 0.05) is 12.6 Å². The summed E-state index contributed by atoms with van der Waals surface area (Å²) in [6.45, 7) is 2.73. The Bertz CT molecular complexity index is 1030. The lowest BCUT2D eigenvalue weighted by Gasteiger charge is -2.25. The molecule has 0 saturated carbocycles. The van der Waals surface area contributed by atoms with Crippen molar-refractivity contribution in [1.29, 1.82) is 0 Å². The van der Waals surface area contributed by atoms with E-state index < -0.39 is 0 Å². The normalized spacial score (nSPS) is 16.8. The number of hydrogen-bond donors (Lipinski definition) is 0. The molecule has 2 heterocycles. The van der Waals surface area contributed by atoms with E-state index in [0.29, 0.717) is 10.9 Å². The van der Waals surface area contributed by atoms with Crippen molar-refractivity contribution in [2.45, 2.75) is 38.8 Å². The molecule has 1 aliphatic rings. The lowest BCUT2D eigenvalue weighted by atomic mass is 10.0. The monoisotopic (exact) mass is 361 g/mol. The van der Waals surface area contributed by atoms with Gasteiger partial charge in [-0.2, -0.15) is 0 Å². The first kappa shape index (κ1) is 17.5. The van der Waals surface area contributed by atoms with Gasteiger partial charge < -0.3 is 4.90 Å². The quantitative estimate of drug-likeness (QED) is 0.718. The highest BCUT2D eigenvalue weighted by atomic mass is 16.2. The second-order valence-electron chi connectivity index (χ2n) is 7.22. The van der Waals surface area contributed by atoms with E-state index in [1.807, 2.05) is 42.2 Å². The number of nitrogens with zero attached hydrogens (tertiary/aromatic N) is 3. The van der Waals surface area contributed by atoms with Crippen LogP contribution in [0.3, 0.4) is 0 Å². The molecule has 27 heavy (non-hydrogen) atoms. The molecule has 1 amide bonds. The Kier molecular flexibility index (Phi) is 4.75. The molecule has 0 spiro atoms. The number of rotatable bonds is 4. The van der Waals surface area contributed by atoms with E-state index in [9.17, 15) is 9.59 Å². The van der Waals surface area contributed by atoms with Crippen LogP contribution >= 0.6 is 0 Å². The van der Waals surface area contributed by atoms with Gasteiger partial charge >= 0.3 is 0 Å². The summed E-state index contributed by atoms with van der Waals surface area (Å²) in [6.07, 6.45) is 4.37. The highest BCUT2D eigenvalue weighted by Crippen LogP contribution is 2.21. The Morgan fingerprint density at radius 1 is 1.15 bits per heavy atom. The van der Waals surface area contributed by atoms with Crippen LogP contribution in [0.15, 0.2) is 59.7 Å². The fourth-order valence-electron chi connectivity index (χ4n) is 3.95. The molecular formula is C22H23N3O2. The van der Waals surface area contributed by atoms with Crippen LogP contribution in [0.25, 0.3) is 10.9 Å². The van der Waals surface area contributed by atoms with E-state index in [1.165, 1.54) is 16.5 Å². The topological polar surface area (TPSA) is 55.2 Å². The highest BCUT2D eigenvalue weighted by Gasteiger charge is 2.29. The van der Waals surface area contributed by atoms with E-state index in [0.717, 1.165) is 31.4 Å². The van der Waals surface area contributed by atoms with Crippen LogP contribution in [0.2, 0.25) is 0 Å². The van der Waals surface area contributed by atoms with Gasteiger partial charge in [-0.05, 0) is 43.4 Å². The smallest absolute Gasteiger partial charge is 0.261 e. The van der Waals surface area contributed by atoms with Gasteiger partial charge in [0.05, 0.1) is 17.2 Å². The summed E-state index contributed by atoms with van der Waals surface area (Å²) in [5.41, 5.74) is 2.75. The third-order valence-corrected chi connectivity index (χ3v) is 5.37. The number of aromatic nitrogens is 2. The molecule has 0 N–H and O–H groups in total. The minimum atomic E-state index is -0.157. The summed E-state index contributed by atoms with van der Waals surface area (Å²) in [5, 5.41) is 0.563. The Labute approximate surface area is 158 Å². The molecule has 0 radical (unpaired) electrons. The first-order valence-corrected chi connectivity index (χ1v) is 9.41. The number of benzene rings is 2. The molecule has 0 aliphatic carbocycles. The largest absolute Gasteiger partial charge is 0.338 e. The summed E-state index contributed by atoms with van der Waals surface area (Å²) in [7, 11) is 0. The summed E-state index contributed by atoms with van der Waals surface area (Å²) in [4.78, 5) is 32.0. The number of aryl methyl sites for hydroxylation is 1. The fraction of sp³-hybridized carbons (Fsp3) is 0.318. The Morgan fingerprint density at radius 2 is 1.96 bits per heavy atom. The zero-order valence-corrected chi connectivity index (χ0v) is 15.5. The molecule has 1 unspecified atom stereocenters. The minimum absolute atomic E-state index is 0.00988. The summed E-state index contributed by atoms with van der Waals surface area (Å²) in [5.74, 6) is -0.00988. The van der Waals surface area contributed by atoms with Crippen molar-refractivity contribution < 1.29 is 4.79 Å². The molecule has 5 nitrogen and oxygen atoms in total. The molecular weight excluding hydrogens is 338 g/mol. The van der Waals surface area contributed by atoms with E-state index in [1.54, 1.807) is 6.07 Å². The van der Waals surface area contributed by atoms with Crippen molar-refractivity contribution in [2.24, 2.45) is 0 Å². The van der Waals surface area contributed by atoms with Crippen LogP contribution in [-0.2, 0) is 17.8 Å². The maximum Gasteiger partial charge on any atom is 0.261 e. The number of likely N-dealkylation sites (tertiary alicyclic amines) is 1. The van der Waals surface area contributed by atoms with Crippen LogP contribution in [0, 0.1) is 6.92 Å². The lowest BCUT2D eigenvalue weighted by molar-refractivity contribution is -0.132. The van der Waals surface area contributed by atoms with Crippen molar-refractivity contribution in [3.8, 4) is 0 Å². The number of carbonyl (C=O) groups excluding carboxylic acids is 1. The number of carbonyl (C=O) groups is 1. The summed E-state index contributed by atoms with van der Waals surface area (Å²) < 4.78 is 1.43. The predicted octanol–water partition coefficient (Wildman–Crippen LogP) is 2.94. The molecule has 1 atom stereocenters. The fourth-order valence-corrected chi connectivity index (χ4v) is 3.95. The van der Waals surface area contributed by atoms with Crippen molar-refractivity contribution >= 4 is 16.8 Å². The molecule has 1 fully saturated rings. The SMILES string of the molecule is Cc1cccc2c(=O)n(CC(=O)N3CCCC3Cc3ccccc3)cnc12. The molecule has 3 aromatic rings. The predicted molar refractivity (Wildman–Crippen MR) is 106 cm³/mol. The van der Waals surface area contributed by atoms with Gasteiger partial charge in [-0.25, -0.2) is 4.98 Å². The summed E-state index contributed by atoms with van der Waals surface area (Å²) in [6, 6.07) is 16.0. The van der Waals surface area contributed by atoms with Crippen molar-refractivity contribution in [3.05, 3.63) is 76.3 Å². The number of para-hydroxylation sites is 1. The molecule has 5 heteroatoms. The standard InChI is InChI=1S/C22H23N3O2/c1-16-7-5-11-19-21(16)23-15-24(22(19)27)14-20(26)25-12-6-10-18(25)13-17-8-3-2-4-9-17/h2-5,7-9,11,15,18H,6,10,12-14H2,1H3. The first-order chi connectivity index (χ1) is 13.1. The van der Waals surface area contributed by atoms with Gasteiger partial charge in [0.2, 0.25) is 5.91 Å². The van der Waals surface area contributed by atoms with Gasteiger partial charge in [-0.3, -0.25) is 14.2 Å². The van der Waals surface area contributed by atoms with Crippen LogP contribution in [0.5, 0.6) is 0 Å². The third-order valence-electron chi connectivity index (χ3n) is 5.37. The molecule has 0 bridgehead atoms. The second kappa shape index (κ2) is 7.35. The van der Waals surface area contributed by atoms with Gasteiger partial charge in [-0.1, -0.05) is 42.5 Å². The molecule has 4 rings (SSSR count). The average molecular weight is 361 g/mol. The number of amides is 1. The van der Waals surface area contributed by atoms with Crippen LogP contribution in [0.4, 0.5) is 0 Å². The molecule has 1 aliphatic heterocycles. The number of fused-ring (bicyclic) bond motifs is 1. The van der Waals surface area contributed by atoms with Crippen molar-refractivity contribution in [1.82, 2.24) is 14.5 Å². The Balaban J connectivity index is 1.54. The molecule has 2 aromatic carbocycles. The maximum absolute atomic E-state index is 12.9. The van der Waals surface area contributed by atoms with Gasteiger partial charge in [0.1, 0.15) is 6.54 Å². The summed E-state index contributed by atoms with van der Waals surface area (Å²) >= 11 is 0. The molecule has 1 saturated heterocycles. The van der Waals surface area contributed by atoms with E-state index in [-0.39, 0.29) is 24.1 Å². The van der Waals surface area contributed by atoms with Gasteiger partial charge in [0.15, 0.2) is 0 Å². The van der Waals surface area contributed by atoms with E-state index in [2.05, 4.69) is 17.1 Å². The van der Waals surface area contributed by atoms with Gasteiger partial charge in [-0.15, -0.1) is 0 Å². The second-order valence-corrected chi connectivity index (χ2v) is 7.22. The Hall–Kier alpha value is -2.95. The number of hydrogen-bond acceptors (Lipinski definition) is 3. The molecule has 1 aromatic heterocycles. The Morgan fingerprint density at radius 3 is 2.78 bits per heavy atom. The average Bonchev–Trinajstić information content (AvgIpc) is 3.13. The zero-order valence-electron chi connectivity index (χ0n) is 15.5.